The van der Waals surface area contributed by atoms with Crippen LogP contribution in [0.25, 0.3) is 10.8 Å². The molecule has 3 aromatic rings. The van der Waals surface area contributed by atoms with Crippen molar-refractivity contribution in [1.82, 2.24) is 4.98 Å². The second-order valence-electron chi connectivity index (χ2n) is 4.44. The van der Waals surface area contributed by atoms with Gasteiger partial charge in [-0.05, 0) is 17.0 Å². The molecule has 0 radical (unpaired) electrons. The van der Waals surface area contributed by atoms with E-state index in [1.165, 1.54) is 6.26 Å². The Bertz CT molecular complexity index is 704. The van der Waals surface area contributed by atoms with E-state index in [1.54, 1.807) is 11.3 Å². The molecule has 0 aliphatic carbocycles. The average molecular weight is 299 g/mol. The van der Waals surface area contributed by atoms with Gasteiger partial charge in [-0.1, -0.05) is 36.4 Å². The van der Waals surface area contributed by atoms with Crippen LogP contribution in [0.1, 0.15) is 11.3 Å². The van der Waals surface area contributed by atoms with E-state index in [9.17, 15) is 4.79 Å². The fourth-order valence-corrected chi connectivity index (χ4v) is 2.51. The Kier molecular flexibility index (Phi) is 4.12. The molecule has 0 fully saturated rings. The van der Waals surface area contributed by atoms with Crippen molar-refractivity contribution in [1.29, 1.82) is 0 Å². The number of thiophene rings is 1. The van der Waals surface area contributed by atoms with E-state index in [0.717, 1.165) is 10.4 Å². The monoisotopic (exact) mass is 299 g/mol. The number of aromatic nitrogens is 1. The molecule has 106 valence electrons. The summed E-state index contributed by atoms with van der Waals surface area (Å²) >= 11 is 1.55. The zero-order valence-electron chi connectivity index (χ0n) is 11.2. The van der Waals surface area contributed by atoms with Crippen LogP contribution in [0.3, 0.4) is 0 Å². The van der Waals surface area contributed by atoms with Gasteiger partial charge < -0.3 is 9.15 Å². The highest BCUT2D eigenvalue weighted by Crippen LogP contribution is 2.23. The lowest BCUT2D eigenvalue weighted by atomic mass is 10.2. The van der Waals surface area contributed by atoms with Crippen LogP contribution in [0.5, 0.6) is 0 Å². The number of rotatable bonds is 5. The van der Waals surface area contributed by atoms with Gasteiger partial charge in [-0.3, -0.25) is 4.79 Å². The van der Waals surface area contributed by atoms with Gasteiger partial charge in [0.2, 0.25) is 5.89 Å². The minimum atomic E-state index is -0.276. The minimum Gasteiger partial charge on any atom is -0.459 e. The average Bonchev–Trinajstić information content (AvgIpc) is 3.17. The molecule has 2 heterocycles. The van der Waals surface area contributed by atoms with Crippen LogP contribution in [-0.4, -0.2) is 11.0 Å². The van der Waals surface area contributed by atoms with Crippen LogP contribution in [-0.2, 0) is 22.6 Å². The molecule has 4 nitrogen and oxygen atoms in total. The predicted octanol–water partition coefficient (Wildman–Crippen LogP) is 3.69. The summed E-state index contributed by atoms with van der Waals surface area (Å²) in [5.74, 6) is 0.279. The smallest absolute Gasteiger partial charge is 0.310 e. The maximum Gasteiger partial charge on any atom is 0.310 e. The lowest BCUT2D eigenvalue weighted by molar-refractivity contribution is -0.144. The number of ether oxygens (including phenoxy) is 1. The molecule has 0 saturated carbocycles. The Hall–Kier alpha value is -2.40. The molecule has 0 aliphatic rings. The number of carbonyl (C=O) groups excluding carboxylic acids is 1. The van der Waals surface area contributed by atoms with Gasteiger partial charge in [0.1, 0.15) is 18.6 Å². The van der Waals surface area contributed by atoms with Gasteiger partial charge in [0.05, 0.1) is 11.3 Å². The predicted molar refractivity (Wildman–Crippen MR) is 79.8 cm³/mol. The number of esters is 1. The minimum absolute atomic E-state index is 0.126. The lowest BCUT2D eigenvalue weighted by Gasteiger charge is -2.02. The summed E-state index contributed by atoms with van der Waals surface area (Å²) in [7, 11) is 0. The highest BCUT2D eigenvalue weighted by molar-refractivity contribution is 7.13. The van der Waals surface area contributed by atoms with Crippen LogP contribution in [0.15, 0.2) is 58.5 Å². The number of oxazole rings is 1. The molecule has 1 aromatic carbocycles. The quantitative estimate of drug-likeness (QED) is 0.674. The third-order valence-corrected chi connectivity index (χ3v) is 3.71. The number of hydrogen-bond acceptors (Lipinski definition) is 5. The van der Waals surface area contributed by atoms with Crippen molar-refractivity contribution >= 4 is 17.3 Å². The molecule has 0 spiro atoms. The molecule has 3 rings (SSSR count). The third-order valence-electron chi connectivity index (χ3n) is 2.86. The van der Waals surface area contributed by atoms with E-state index in [1.807, 2.05) is 47.8 Å². The van der Waals surface area contributed by atoms with E-state index >= 15 is 0 Å². The Morgan fingerprint density at radius 2 is 2.05 bits per heavy atom. The Labute approximate surface area is 126 Å². The molecule has 0 amide bonds. The van der Waals surface area contributed by atoms with Crippen molar-refractivity contribution in [2.45, 2.75) is 13.0 Å². The van der Waals surface area contributed by atoms with Gasteiger partial charge in [-0.2, -0.15) is 0 Å². The van der Waals surface area contributed by atoms with Crippen molar-refractivity contribution < 1.29 is 13.9 Å². The van der Waals surface area contributed by atoms with Gasteiger partial charge in [-0.25, -0.2) is 4.98 Å². The van der Waals surface area contributed by atoms with Crippen LogP contribution >= 0.6 is 11.3 Å². The first kappa shape index (κ1) is 13.6. The summed E-state index contributed by atoms with van der Waals surface area (Å²) < 4.78 is 10.6. The van der Waals surface area contributed by atoms with Gasteiger partial charge in [-0.15, -0.1) is 11.3 Å². The first-order valence-corrected chi connectivity index (χ1v) is 7.37. The summed E-state index contributed by atoms with van der Waals surface area (Å²) in [5, 5.41) is 1.96. The molecule has 0 aliphatic heterocycles. The fourth-order valence-electron chi connectivity index (χ4n) is 1.85. The second kappa shape index (κ2) is 6.37. The van der Waals surface area contributed by atoms with E-state index in [2.05, 4.69) is 4.98 Å². The Balaban J connectivity index is 1.54. The molecular weight excluding hydrogens is 286 g/mol. The molecule has 0 atom stereocenters. The molecular formula is C16H13NO3S. The topological polar surface area (TPSA) is 52.3 Å². The fraction of sp³-hybridized carbons (Fsp3) is 0.125. The summed E-state index contributed by atoms with van der Waals surface area (Å²) in [6.45, 7) is 0.126. The van der Waals surface area contributed by atoms with Crippen molar-refractivity contribution in [3.05, 3.63) is 65.4 Å². The van der Waals surface area contributed by atoms with Gasteiger partial charge in [0, 0.05) is 0 Å². The number of hydrogen-bond donors (Lipinski definition) is 0. The summed E-state index contributed by atoms with van der Waals surface area (Å²) in [6.07, 6.45) is 1.78. The van der Waals surface area contributed by atoms with Crippen LogP contribution in [0.4, 0.5) is 0 Å². The summed E-state index contributed by atoms with van der Waals surface area (Å²) in [4.78, 5) is 17.0. The highest BCUT2D eigenvalue weighted by Gasteiger charge is 2.10. The highest BCUT2D eigenvalue weighted by atomic mass is 32.1. The number of benzene rings is 1. The second-order valence-corrected chi connectivity index (χ2v) is 5.39. The van der Waals surface area contributed by atoms with Crippen molar-refractivity contribution in [2.24, 2.45) is 0 Å². The van der Waals surface area contributed by atoms with Crippen LogP contribution in [0.2, 0.25) is 0 Å². The maximum absolute atomic E-state index is 11.7. The van der Waals surface area contributed by atoms with Gasteiger partial charge in [0.25, 0.3) is 0 Å². The number of nitrogens with zero attached hydrogens (tertiary/aromatic N) is 1. The zero-order valence-corrected chi connectivity index (χ0v) is 12.0. The molecule has 0 saturated heterocycles. The molecule has 0 bridgehead atoms. The third kappa shape index (κ3) is 3.58. The van der Waals surface area contributed by atoms with Crippen molar-refractivity contribution in [3.63, 3.8) is 0 Å². The standard InChI is InChI=1S/C16H13NO3S/c18-15(9-12-5-2-1-3-6-12)19-10-13-11-20-16(17-13)14-7-4-8-21-14/h1-8,11H,9-10H2. The van der Waals surface area contributed by atoms with E-state index in [4.69, 9.17) is 9.15 Å². The van der Waals surface area contributed by atoms with E-state index < -0.39 is 0 Å². The normalized spacial score (nSPS) is 10.5. The lowest BCUT2D eigenvalue weighted by Crippen LogP contribution is -2.08. The molecule has 5 heteroatoms. The molecule has 21 heavy (non-hydrogen) atoms. The van der Waals surface area contributed by atoms with Crippen molar-refractivity contribution in [3.8, 4) is 10.8 Å². The van der Waals surface area contributed by atoms with Gasteiger partial charge in [0.15, 0.2) is 0 Å². The molecule has 2 aromatic heterocycles. The Morgan fingerprint density at radius 1 is 1.19 bits per heavy atom. The van der Waals surface area contributed by atoms with Crippen LogP contribution in [0, 0.1) is 0 Å². The molecule has 0 N–H and O–H groups in total. The first-order chi connectivity index (χ1) is 10.3. The Morgan fingerprint density at radius 3 is 2.81 bits per heavy atom. The van der Waals surface area contributed by atoms with Gasteiger partial charge >= 0.3 is 5.97 Å². The van der Waals surface area contributed by atoms with E-state index in [-0.39, 0.29) is 19.0 Å². The number of carbonyl (C=O) groups is 1. The summed E-state index contributed by atoms with van der Waals surface area (Å²) in [5.41, 5.74) is 1.54. The summed E-state index contributed by atoms with van der Waals surface area (Å²) in [6, 6.07) is 13.4. The SMILES string of the molecule is O=C(Cc1ccccc1)OCc1coc(-c2cccs2)n1. The maximum atomic E-state index is 11.7. The van der Waals surface area contributed by atoms with E-state index in [0.29, 0.717) is 11.6 Å². The largest absolute Gasteiger partial charge is 0.459 e. The van der Waals surface area contributed by atoms with Crippen molar-refractivity contribution in [2.75, 3.05) is 0 Å². The molecule has 0 unspecified atom stereocenters. The first-order valence-electron chi connectivity index (χ1n) is 6.49. The zero-order chi connectivity index (χ0) is 14.5. The van der Waals surface area contributed by atoms with Crippen LogP contribution < -0.4 is 0 Å².